The van der Waals surface area contributed by atoms with Crippen LogP contribution in [0.3, 0.4) is 0 Å². The number of aromatic nitrogens is 2. The Hall–Kier alpha value is -2.30. The average Bonchev–Trinajstić information content (AvgIpc) is 3.11. The quantitative estimate of drug-likeness (QED) is 0.667. The van der Waals surface area contributed by atoms with Crippen molar-refractivity contribution >= 4 is 17.3 Å². The highest BCUT2D eigenvalue weighted by Gasteiger charge is 2.18. The van der Waals surface area contributed by atoms with E-state index in [0.29, 0.717) is 5.15 Å². The van der Waals surface area contributed by atoms with Crippen molar-refractivity contribution < 1.29 is 0 Å². The Morgan fingerprint density at radius 2 is 1.68 bits per heavy atom. The van der Waals surface area contributed by atoms with Crippen molar-refractivity contribution in [2.24, 2.45) is 0 Å². The zero-order valence-electron chi connectivity index (χ0n) is 14.1. The second-order valence-corrected chi connectivity index (χ2v) is 6.64. The summed E-state index contributed by atoms with van der Waals surface area (Å²) in [4.78, 5) is 9.14. The number of pyridine rings is 1. The Morgan fingerprint density at radius 1 is 0.880 bits per heavy atom. The second-order valence-electron chi connectivity index (χ2n) is 6.28. The Bertz CT molecular complexity index is 822. The molecule has 1 aromatic carbocycles. The van der Waals surface area contributed by atoms with Gasteiger partial charge in [0.05, 0.1) is 5.69 Å². The largest absolute Gasteiger partial charge is 0.369 e. The van der Waals surface area contributed by atoms with Crippen molar-refractivity contribution in [2.75, 3.05) is 31.1 Å². The molecule has 1 aliphatic rings. The minimum absolute atomic E-state index is 0.536. The number of benzene rings is 1. The van der Waals surface area contributed by atoms with Crippen LogP contribution in [0.25, 0.3) is 5.69 Å². The van der Waals surface area contributed by atoms with Gasteiger partial charge in [0.2, 0.25) is 0 Å². The normalized spacial score (nSPS) is 15.5. The summed E-state index contributed by atoms with van der Waals surface area (Å²) >= 11 is 6.27. The van der Waals surface area contributed by atoms with Gasteiger partial charge in [-0.1, -0.05) is 29.8 Å². The van der Waals surface area contributed by atoms with Crippen LogP contribution in [-0.4, -0.2) is 40.6 Å². The van der Waals surface area contributed by atoms with Crippen LogP contribution in [0.4, 0.5) is 5.69 Å². The first-order chi connectivity index (χ1) is 12.3. The van der Waals surface area contributed by atoms with E-state index in [-0.39, 0.29) is 0 Å². The van der Waals surface area contributed by atoms with Gasteiger partial charge < -0.3 is 9.47 Å². The van der Waals surface area contributed by atoms with Crippen molar-refractivity contribution in [3.8, 4) is 5.69 Å². The van der Waals surface area contributed by atoms with Crippen LogP contribution in [0.1, 0.15) is 5.69 Å². The van der Waals surface area contributed by atoms with Crippen molar-refractivity contribution in [1.82, 2.24) is 14.5 Å². The molecule has 1 saturated heterocycles. The van der Waals surface area contributed by atoms with Gasteiger partial charge in [-0.2, -0.15) is 0 Å². The third kappa shape index (κ3) is 3.55. The zero-order valence-corrected chi connectivity index (χ0v) is 14.8. The number of rotatable bonds is 4. The van der Waals surface area contributed by atoms with Crippen LogP contribution in [-0.2, 0) is 6.54 Å². The molecule has 0 radical (unpaired) electrons. The molecule has 0 aliphatic carbocycles. The molecule has 0 spiro atoms. The van der Waals surface area contributed by atoms with E-state index in [2.05, 4.69) is 68.0 Å². The van der Waals surface area contributed by atoms with E-state index in [0.717, 1.165) is 38.4 Å². The van der Waals surface area contributed by atoms with Gasteiger partial charge in [-0.05, 0) is 36.4 Å². The Balaban J connectivity index is 1.43. The lowest BCUT2D eigenvalue weighted by atomic mass is 10.2. The summed E-state index contributed by atoms with van der Waals surface area (Å²) in [6.45, 7) is 5.14. The lowest BCUT2D eigenvalue weighted by Gasteiger charge is -2.36. The highest BCUT2D eigenvalue weighted by molar-refractivity contribution is 6.31. The van der Waals surface area contributed by atoms with E-state index in [1.54, 1.807) is 6.20 Å². The van der Waals surface area contributed by atoms with Crippen molar-refractivity contribution in [3.05, 3.63) is 77.8 Å². The Morgan fingerprint density at radius 3 is 2.44 bits per heavy atom. The molecule has 3 aromatic rings. The number of halogens is 1. The molecule has 5 heteroatoms. The standard InChI is InChI=1S/C20H21ClN4/c21-20-19(9-4-10-22-20)25-11-5-8-18(25)16-23-12-14-24(15-13-23)17-6-2-1-3-7-17/h1-11H,12-16H2. The van der Waals surface area contributed by atoms with Gasteiger partial charge in [0.25, 0.3) is 0 Å². The summed E-state index contributed by atoms with van der Waals surface area (Å²) in [6.07, 6.45) is 3.77. The summed E-state index contributed by atoms with van der Waals surface area (Å²) in [7, 11) is 0. The fraction of sp³-hybridized carbons (Fsp3) is 0.250. The highest BCUT2D eigenvalue weighted by Crippen LogP contribution is 2.22. The number of piperazine rings is 1. The van der Waals surface area contributed by atoms with Gasteiger partial charge >= 0.3 is 0 Å². The highest BCUT2D eigenvalue weighted by atomic mass is 35.5. The molecule has 4 nitrogen and oxygen atoms in total. The minimum atomic E-state index is 0.536. The first-order valence-electron chi connectivity index (χ1n) is 8.61. The molecule has 4 rings (SSSR count). The molecule has 0 bridgehead atoms. The summed E-state index contributed by atoms with van der Waals surface area (Å²) in [6, 6.07) is 18.8. The van der Waals surface area contributed by atoms with Gasteiger partial charge in [-0.15, -0.1) is 0 Å². The molecular weight excluding hydrogens is 332 g/mol. The van der Waals surface area contributed by atoms with Gasteiger partial charge in [-0.25, -0.2) is 4.98 Å². The average molecular weight is 353 g/mol. The van der Waals surface area contributed by atoms with E-state index in [4.69, 9.17) is 11.6 Å². The molecule has 0 saturated carbocycles. The van der Waals surface area contributed by atoms with Crippen molar-refractivity contribution in [1.29, 1.82) is 0 Å². The summed E-state index contributed by atoms with van der Waals surface area (Å²) < 4.78 is 2.14. The molecule has 0 atom stereocenters. The van der Waals surface area contributed by atoms with Gasteiger partial charge in [-0.3, -0.25) is 4.90 Å². The first kappa shape index (κ1) is 16.2. The van der Waals surface area contributed by atoms with Crippen LogP contribution in [0.15, 0.2) is 67.0 Å². The second kappa shape index (κ2) is 7.30. The van der Waals surface area contributed by atoms with E-state index >= 15 is 0 Å². The maximum Gasteiger partial charge on any atom is 0.152 e. The maximum atomic E-state index is 6.27. The van der Waals surface area contributed by atoms with E-state index < -0.39 is 0 Å². The number of anilines is 1. The van der Waals surface area contributed by atoms with Crippen LogP contribution in [0, 0.1) is 0 Å². The van der Waals surface area contributed by atoms with Crippen molar-refractivity contribution in [2.45, 2.75) is 6.54 Å². The molecule has 128 valence electrons. The minimum Gasteiger partial charge on any atom is -0.369 e. The smallest absolute Gasteiger partial charge is 0.152 e. The summed E-state index contributed by atoms with van der Waals surface area (Å²) in [5.74, 6) is 0. The number of para-hydroxylation sites is 1. The van der Waals surface area contributed by atoms with Crippen LogP contribution < -0.4 is 4.90 Å². The van der Waals surface area contributed by atoms with E-state index in [1.807, 2.05) is 12.1 Å². The van der Waals surface area contributed by atoms with Crippen LogP contribution in [0.5, 0.6) is 0 Å². The number of hydrogen-bond donors (Lipinski definition) is 0. The fourth-order valence-corrected chi connectivity index (χ4v) is 3.58. The van der Waals surface area contributed by atoms with E-state index in [9.17, 15) is 0 Å². The van der Waals surface area contributed by atoms with Crippen LogP contribution >= 0.6 is 11.6 Å². The Kier molecular flexibility index (Phi) is 4.72. The molecule has 0 amide bonds. The van der Waals surface area contributed by atoms with Crippen LogP contribution in [0.2, 0.25) is 5.15 Å². The predicted molar refractivity (Wildman–Crippen MR) is 103 cm³/mol. The fourth-order valence-electron chi connectivity index (χ4n) is 3.37. The topological polar surface area (TPSA) is 24.3 Å². The third-order valence-corrected chi connectivity index (χ3v) is 5.00. The van der Waals surface area contributed by atoms with Gasteiger partial charge in [0, 0.05) is 56.5 Å². The maximum absolute atomic E-state index is 6.27. The predicted octanol–water partition coefficient (Wildman–Crippen LogP) is 3.85. The molecule has 1 fully saturated rings. The molecule has 0 unspecified atom stereocenters. The van der Waals surface area contributed by atoms with E-state index in [1.165, 1.54) is 11.4 Å². The summed E-state index contributed by atoms with van der Waals surface area (Å²) in [5.41, 5.74) is 3.49. The third-order valence-electron chi connectivity index (χ3n) is 4.71. The molecule has 2 aromatic heterocycles. The Labute approximate surface area is 153 Å². The monoisotopic (exact) mass is 352 g/mol. The number of nitrogens with zero attached hydrogens (tertiary/aromatic N) is 4. The number of hydrogen-bond acceptors (Lipinski definition) is 3. The molecule has 25 heavy (non-hydrogen) atoms. The first-order valence-corrected chi connectivity index (χ1v) is 8.98. The van der Waals surface area contributed by atoms with Gasteiger partial charge in [0.15, 0.2) is 5.15 Å². The molecule has 0 N–H and O–H groups in total. The summed E-state index contributed by atoms with van der Waals surface area (Å²) in [5, 5.41) is 0.536. The molecule has 1 aliphatic heterocycles. The lowest BCUT2D eigenvalue weighted by Crippen LogP contribution is -2.46. The van der Waals surface area contributed by atoms with Crippen molar-refractivity contribution in [3.63, 3.8) is 0 Å². The SMILES string of the molecule is Clc1ncccc1-n1cccc1CN1CCN(c2ccccc2)CC1. The molecule has 3 heterocycles. The lowest BCUT2D eigenvalue weighted by molar-refractivity contribution is 0.246. The molecular formula is C20H21ClN4. The zero-order chi connectivity index (χ0) is 17.1. The van der Waals surface area contributed by atoms with Gasteiger partial charge in [0.1, 0.15) is 0 Å².